The van der Waals surface area contributed by atoms with Crippen LogP contribution in [-0.2, 0) is 14.3 Å². The first-order chi connectivity index (χ1) is 6.79. The SMILES string of the molecule is CC1OCCNC1C(=O)C1=COCC1. The van der Waals surface area contributed by atoms with Gasteiger partial charge in [0.2, 0.25) is 0 Å². The standard InChI is InChI=1S/C10H15NO3/c1-7-9(11-3-5-14-7)10(12)8-2-4-13-6-8/h6-7,9,11H,2-5H2,1H3. The molecular weight excluding hydrogens is 182 g/mol. The fourth-order valence-corrected chi connectivity index (χ4v) is 1.80. The molecule has 1 saturated heterocycles. The topological polar surface area (TPSA) is 47.6 Å². The summed E-state index contributed by atoms with van der Waals surface area (Å²) in [4.78, 5) is 11.9. The fourth-order valence-electron chi connectivity index (χ4n) is 1.80. The molecule has 1 N–H and O–H groups in total. The summed E-state index contributed by atoms with van der Waals surface area (Å²) in [6, 6.07) is -0.198. The average molecular weight is 197 g/mol. The van der Waals surface area contributed by atoms with Gasteiger partial charge in [-0.25, -0.2) is 0 Å². The van der Waals surface area contributed by atoms with Crippen molar-refractivity contribution in [3.63, 3.8) is 0 Å². The number of hydrogen-bond donors (Lipinski definition) is 1. The molecule has 2 unspecified atom stereocenters. The van der Waals surface area contributed by atoms with E-state index in [0.29, 0.717) is 13.2 Å². The first-order valence-electron chi connectivity index (χ1n) is 4.99. The highest BCUT2D eigenvalue weighted by Crippen LogP contribution is 2.16. The monoisotopic (exact) mass is 197 g/mol. The molecule has 2 rings (SSSR count). The van der Waals surface area contributed by atoms with Gasteiger partial charge in [-0.1, -0.05) is 0 Å². The third-order valence-corrected chi connectivity index (χ3v) is 2.63. The second kappa shape index (κ2) is 4.11. The Morgan fingerprint density at radius 1 is 1.57 bits per heavy atom. The van der Waals surface area contributed by atoms with Crippen LogP contribution in [0.3, 0.4) is 0 Å². The van der Waals surface area contributed by atoms with Gasteiger partial charge in [0.25, 0.3) is 0 Å². The summed E-state index contributed by atoms with van der Waals surface area (Å²) < 4.78 is 10.5. The van der Waals surface area contributed by atoms with E-state index in [1.165, 1.54) is 0 Å². The minimum absolute atomic E-state index is 0.0437. The molecule has 4 nitrogen and oxygen atoms in total. The Hall–Kier alpha value is -0.870. The van der Waals surface area contributed by atoms with Crippen molar-refractivity contribution in [2.75, 3.05) is 19.8 Å². The number of rotatable bonds is 2. The third-order valence-electron chi connectivity index (χ3n) is 2.63. The van der Waals surface area contributed by atoms with Gasteiger partial charge in [0, 0.05) is 18.5 Å². The van der Waals surface area contributed by atoms with Crippen molar-refractivity contribution in [3.8, 4) is 0 Å². The normalized spacial score (nSPS) is 32.2. The molecule has 2 heterocycles. The fraction of sp³-hybridized carbons (Fsp3) is 0.700. The van der Waals surface area contributed by atoms with Crippen LogP contribution >= 0.6 is 0 Å². The first-order valence-corrected chi connectivity index (χ1v) is 4.99. The van der Waals surface area contributed by atoms with E-state index in [-0.39, 0.29) is 17.9 Å². The molecule has 0 aromatic carbocycles. The summed E-state index contributed by atoms with van der Waals surface area (Å²) in [5, 5.41) is 3.17. The Labute approximate surface area is 83.3 Å². The molecular formula is C10H15NO3. The number of carbonyl (C=O) groups excluding carboxylic acids is 1. The van der Waals surface area contributed by atoms with Gasteiger partial charge < -0.3 is 14.8 Å². The number of morpholine rings is 1. The number of Topliss-reactive ketones (excluding diaryl/α,β-unsaturated/α-hetero) is 1. The lowest BCUT2D eigenvalue weighted by Crippen LogP contribution is -2.51. The maximum absolute atomic E-state index is 11.9. The molecule has 0 amide bonds. The van der Waals surface area contributed by atoms with Crippen LogP contribution in [-0.4, -0.2) is 37.7 Å². The molecule has 2 aliphatic heterocycles. The predicted octanol–water partition coefficient (Wildman–Crippen LogP) is 0.237. The highest BCUT2D eigenvalue weighted by molar-refractivity contribution is 6.00. The van der Waals surface area contributed by atoms with Gasteiger partial charge in [-0.15, -0.1) is 0 Å². The van der Waals surface area contributed by atoms with E-state index < -0.39 is 0 Å². The zero-order chi connectivity index (χ0) is 9.97. The van der Waals surface area contributed by atoms with E-state index in [0.717, 1.165) is 18.5 Å². The number of ketones is 1. The van der Waals surface area contributed by atoms with E-state index >= 15 is 0 Å². The molecule has 0 spiro atoms. The largest absolute Gasteiger partial charge is 0.500 e. The van der Waals surface area contributed by atoms with Crippen LogP contribution in [0.1, 0.15) is 13.3 Å². The first kappa shape index (κ1) is 9.68. The number of ether oxygens (including phenoxy) is 2. The van der Waals surface area contributed by atoms with Crippen LogP contribution in [0.4, 0.5) is 0 Å². The number of nitrogens with one attached hydrogen (secondary N) is 1. The van der Waals surface area contributed by atoms with Crippen LogP contribution in [0, 0.1) is 0 Å². The van der Waals surface area contributed by atoms with Gasteiger partial charge in [0.1, 0.15) is 0 Å². The summed E-state index contributed by atoms with van der Waals surface area (Å²) >= 11 is 0. The van der Waals surface area contributed by atoms with Crippen molar-refractivity contribution in [2.24, 2.45) is 0 Å². The van der Waals surface area contributed by atoms with E-state index in [2.05, 4.69) is 5.32 Å². The van der Waals surface area contributed by atoms with E-state index in [1.807, 2.05) is 6.92 Å². The number of hydrogen-bond acceptors (Lipinski definition) is 4. The lowest BCUT2D eigenvalue weighted by Gasteiger charge is -2.29. The highest BCUT2D eigenvalue weighted by Gasteiger charge is 2.31. The lowest BCUT2D eigenvalue weighted by molar-refractivity contribution is -0.123. The van der Waals surface area contributed by atoms with Crippen molar-refractivity contribution in [3.05, 3.63) is 11.8 Å². The Balaban J connectivity index is 2.02. The minimum Gasteiger partial charge on any atom is -0.500 e. The van der Waals surface area contributed by atoms with Crippen molar-refractivity contribution in [1.29, 1.82) is 0 Å². The Kier molecular flexibility index (Phi) is 2.84. The average Bonchev–Trinajstić information content (AvgIpc) is 2.70. The predicted molar refractivity (Wildman–Crippen MR) is 50.9 cm³/mol. The Bertz CT molecular complexity index is 262. The maximum Gasteiger partial charge on any atom is 0.181 e. The summed E-state index contributed by atoms with van der Waals surface area (Å²) in [7, 11) is 0. The Morgan fingerprint density at radius 2 is 2.43 bits per heavy atom. The molecule has 0 aromatic rings. The van der Waals surface area contributed by atoms with Crippen LogP contribution in [0.2, 0.25) is 0 Å². The van der Waals surface area contributed by atoms with Crippen LogP contribution in [0.5, 0.6) is 0 Å². The summed E-state index contributed by atoms with van der Waals surface area (Å²) in [6.45, 7) is 3.98. The second-order valence-corrected chi connectivity index (χ2v) is 3.64. The lowest BCUT2D eigenvalue weighted by atomic mass is 9.99. The van der Waals surface area contributed by atoms with Crippen LogP contribution < -0.4 is 5.32 Å². The summed E-state index contributed by atoms with van der Waals surface area (Å²) in [5.41, 5.74) is 0.778. The van der Waals surface area contributed by atoms with Crippen molar-refractivity contribution in [1.82, 2.24) is 5.32 Å². The van der Waals surface area contributed by atoms with E-state index in [4.69, 9.17) is 9.47 Å². The smallest absolute Gasteiger partial charge is 0.181 e. The van der Waals surface area contributed by atoms with Gasteiger partial charge in [-0.2, -0.15) is 0 Å². The summed E-state index contributed by atoms with van der Waals surface area (Å²) in [5.74, 6) is 0.120. The van der Waals surface area contributed by atoms with Gasteiger partial charge in [-0.3, -0.25) is 4.79 Å². The van der Waals surface area contributed by atoms with Crippen molar-refractivity contribution in [2.45, 2.75) is 25.5 Å². The van der Waals surface area contributed by atoms with Crippen LogP contribution in [0.25, 0.3) is 0 Å². The Morgan fingerprint density at radius 3 is 3.07 bits per heavy atom. The van der Waals surface area contributed by atoms with E-state index in [9.17, 15) is 4.79 Å². The van der Waals surface area contributed by atoms with E-state index in [1.54, 1.807) is 6.26 Å². The van der Waals surface area contributed by atoms with Crippen LogP contribution in [0.15, 0.2) is 11.8 Å². The molecule has 2 aliphatic rings. The van der Waals surface area contributed by atoms with Crippen molar-refractivity contribution >= 4 is 5.78 Å². The molecule has 2 atom stereocenters. The van der Waals surface area contributed by atoms with Gasteiger partial charge in [0.15, 0.2) is 5.78 Å². The maximum atomic E-state index is 11.9. The zero-order valence-electron chi connectivity index (χ0n) is 8.29. The molecule has 4 heteroatoms. The summed E-state index contributed by atoms with van der Waals surface area (Å²) in [6.07, 6.45) is 2.26. The molecule has 14 heavy (non-hydrogen) atoms. The van der Waals surface area contributed by atoms with Crippen molar-refractivity contribution < 1.29 is 14.3 Å². The zero-order valence-corrected chi connectivity index (χ0v) is 8.29. The molecule has 0 saturated carbocycles. The quantitative estimate of drug-likeness (QED) is 0.688. The molecule has 78 valence electrons. The number of carbonyl (C=O) groups is 1. The molecule has 1 fully saturated rings. The van der Waals surface area contributed by atoms with Gasteiger partial charge >= 0.3 is 0 Å². The molecule has 0 bridgehead atoms. The molecule has 0 aliphatic carbocycles. The van der Waals surface area contributed by atoms with Gasteiger partial charge in [-0.05, 0) is 6.92 Å². The molecule has 0 aromatic heterocycles. The minimum atomic E-state index is -0.198. The second-order valence-electron chi connectivity index (χ2n) is 3.64. The molecule has 0 radical (unpaired) electrons. The third kappa shape index (κ3) is 1.81. The highest BCUT2D eigenvalue weighted by atomic mass is 16.5. The van der Waals surface area contributed by atoms with Gasteiger partial charge in [0.05, 0.1) is 31.6 Å².